The van der Waals surface area contributed by atoms with Crippen molar-refractivity contribution in [3.8, 4) is 11.5 Å². The number of amides is 2. The van der Waals surface area contributed by atoms with Crippen molar-refractivity contribution in [1.82, 2.24) is 4.90 Å². The molecule has 132 valence electrons. The van der Waals surface area contributed by atoms with Crippen LogP contribution < -0.4 is 15.2 Å². The van der Waals surface area contributed by atoms with Crippen molar-refractivity contribution in [3.63, 3.8) is 0 Å². The van der Waals surface area contributed by atoms with Gasteiger partial charge in [-0.3, -0.25) is 9.59 Å². The van der Waals surface area contributed by atoms with E-state index < -0.39 is 5.91 Å². The first-order valence-corrected chi connectivity index (χ1v) is 8.27. The second kappa shape index (κ2) is 7.55. The molecule has 24 heavy (non-hydrogen) atoms. The summed E-state index contributed by atoms with van der Waals surface area (Å²) in [5.74, 6) is 0.619. The van der Waals surface area contributed by atoms with Crippen LogP contribution in [-0.4, -0.2) is 42.5 Å². The summed E-state index contributed by atoms with van der Waals surface area (Å²) >= 11 is 0. The van der Waals surface area contributed by atoms with Crippen LogP contribution in [0.5, 0.6) is 11.5 Å². The molecule has 0 spiro atoms. The predicted octanol–water partition coefficient (Wildman–Crippen LogP) is 2.21. The summed E-state index contributed by atoms with van der Waals surface area (Å²) in [6.07, 6.45) is 2.11. The number of hydrogen-bond donors (Lipinski definition) is 1. The number of carbonyl (C=O) groups excluding carboxylic acids is 2. The van der Waals surface area contributed by atoms with Crippen LogP contribution >= 0.6 is 0 Å². The van der Waals surface area contributed by atoms with Crippen molar-refractivity contribution in [2.45, 2.75) is 45.7 Å². The van der Waals surface area contributed by atoms with Crippen LogP contribution in [0.1, 0.15) is 44.0 Å². The van der Waals surface area contributed by atoms with E-state index in [9.17, 15) is 9.59 Å². The molecule has 1 atom stereocenters. The number of carbonyl (C=O) groups is 2. The van der Waals surface area contributed by atoms with Gasteiger partial charge in [0.2, 0.25) is 0 Å². The number of nitrogens with two attached hydrogens (primary N) is 1. The predicted molar refractivity (Wildman–Crippen MR) is 91.2 cm³/mol. The van der Waals surface area contributed by atoms with Gasteiger partial charge in [0, 0.05) is 17.6 Å². The fraction of sp³-hybridized carbons (Fsp3) is 0.556. The molecule has 2 rings (SSSR count). The number of rotatable bonds is 8. The minimum Gasteiger partial charge on any atom is -0.493 e. The van der Waals surface area contributed by atoms with Gasteiger partial charge >= 0.3 is 0 Å². The highest BCUT2D eigenvalue weighted by Gasteiger charge is 2.37. The van der Waals surface area contributed by atoms with Gasteiger partial charge < -0.3 is 20.1 Å². The van der Waals surface area contributed by atoms with Gasteiger partial charge in [0.15, 0.2) is 18.1 Å². The Bertz CT molecular complexity index is 611. The molecule has 0 unspecified atom stereocenters. The Morgan fingerprint density at radius 1 is 1.25 bits per heavy atom. The second-order valence-corrected chi connectivity index (χ2v) is 6.55. The number of ether oxygens (including phenoxy) is 2. The van der Waals surface area contributed by atoms with Gasteiger partial charge in [0.1, 0.15) is 0 Å². The summed E-state index contributed by atoms with van der Waals surface area (Å²) in [5.41, 5.74) is 5.64. The van der Waals surface area contributed by atoms with Crippen molar-refractivity contribution >= 4 is 11.8 Å². The molecule has 2 amide bonds. The van der Waals surface area contributed by atoms with Crippen LogP contribution in [0.25, 0.3) is 0 Å². The van der Waals surface area contributed by atoms with E-state index in [1.807, 2.05) is 4.90 Å². The summed E-state index contributed by atoms with van der Waals surface area (Å²) in [6, 6.07) is 5.48. The Balaban J connectivity index is 2.23. The molecule has 0 radical (unpaired) electrons. The third-order valence-electron chi connectivity index (χ3n) is 4.36. The molecule has 1 aliphatic rings. The van der Waals surface area contributed by atoms with Crippen molar-refractivity contribution in [3.05, 3.63) is 23.8 Å². The number of nitrogens with zero attached hydrogens (tertiary/aromatic N) is 1. The van der Waals surface area contributed by atoms with Crippen molar-refractivity contribution in [1.29, 1.82) is 0 Å². The van der Waals surface area contributed by atoms with Crippen LogP contribution in [0.15, 0.2) is 18.2 Å². The molecule has 0 saturated heterocycles. The maximum absolute atomic E-state index is 13.0. The van der Waals surface area contributed by atoms with Crippen LogP contribution in [0.3, 0.4) is 0 Å². The fourth-order valence-electron chi connectivity index (χ4n) is 2.58. The van der Waals surface area contributed by atoms with Gasteiger partial charge in [0.25, 0.3) is 11.8 Å². The minimum atomic E-state index is -0.567. The zero-order valence-electron chi connectivity index (χ0n) is 14.7. The first-order chi connectivity index (χ1) is 11.3. The van der Waals surface area contributed by atoms with Crippen LogP contribution in [0.2, 0.25) is 0 Å². The van der Waals surface area contributed by atoms with Crippen molar-refractivity contribution in [2.24, 2.45) is 11.7 Å². The zero-order valence-corrected chi connectivity index (χ0v) is 14.7. The summed E-state index contributed by atoms with van der Waals surface area (Å²) in [6.45, 7) is 6.09. The molecular formula is C18H26N2O4. The van der Waals surface area contributed by atoms with Crippen LogP contribution in [0, 0.1) is 5.92 Å². The minimum absolute atomic E-state index is 0.00143. The summed E-state index contributed by atoms with van der Waals surface area (Å²) in [5, 5.41) is 0. The summed E-state index contributed by atoms with van der Waals surface area (Å²) in [7, 11) is 1.50. The average molecular weight is 334 g/mol. The first-order valence-electron chi connectivity index (χ1n) is 8.27. The van der Waals surface area contributed by atoms with E-state index in [0.29, 0.717) is 29.0 Å². The molecule has 0 bridgehead atoms. The molecule has 1 saturated carbocycles. The van der Waals surface area contributed by atoms with Gasteiger partial charge in [-0.15, -0.1) is 0 Å². The summed E-state index contributed by atoms with van der Waals surface area (Å²) < 4.78 is 10.6. The van der Waals surface area contributed by atoms with Gasteiger partial charge in [0.05, 0.1) is 7.11 Å². The van der Waals surface area contributed by atoms with E-state index in [-0.39, 0.29) is 18.6 Å². The second-order valence-electron chi connectivity index (χ2n) is 6.55. The largest absolute Gasteiger partial charge is 0.493 e. The van der Waals surface area contributed by atoms with E-state index in [1.54, 1.807) is 18.2 Å². The lowest BCUT2D eigenvalue weighted by atomic mass is 10.0. The lowest BCUT2D eigenvalue weighted by molar-refractivity contribution is -0.119. The highest BCUT2D eigenvalue weighted by atomic mass is 16.5. The SMILES string of the molecule is COc1cc(C(=O)N(C2CC2)[C@@H](C)C(C)C)ccc1OCC(N)=O. The Kier molecular flexibility index (Phi) is 5.70. The normalized spacial score (nSPS) is 15.0. The summed E-state index contributed by atoms with van der Waals surface area (Å²) in [4.78, 5) is 25.8. The molecular weight excluding hydrogens is 308 g/mol. The third-order valence-corrected chi connectivity index (χ3v) is 4.36. The number of hydrogen-bond acceptors (Lipinski definition) is 4. The van der Waals surface area contributed by atoms with Crippen molar-refractivity contribution in [2.75, 3.05) is 13.7 Å². The van der Waals surface area contributed by atoms with Crippen LogP contribution in [0.4, 0.5) is 0 Å². The van der Waals surface area contributed by atoms with E-state index in [4.69, 9.17) is 15.2 Å². The molecule has 1 fully saturated rings. The highest BCUT2D eigenvalue weighted by Crippen LogP contribution is 2.34. The highest BCUT2D eigenvalue weighted by molar-refractivity contribution is 5.95. The Hall–Kier alpha value is -2.24. The Labute approximate surface area is 142 Å². The van der Waals surface area contributed by atoms with Gasteiger partial charge in [-0.05, 0) is 43.9 Å². The molecule has 0 heterocycles. The van der Waals surface area contributed by atoms with E-state index in [1.165, 1.54) is 7.11 Å². The Morgan fingerprint density at radius 3 is 2.42 bits per heavy atom. The molecule has 6 heteroatoms. The molecule has 6 nitrogen and oxygen atoms in total. The molecule has 0 aliphatic heterocycles. The standard InChI is InChI=1S/C18H26N2O4/c1-11(2)12(3)20(14-6-7-14)18(22)13-5-8-15(16(9-13)23-4)24-10-17(19)21/h5,8-9,11-12,14H,6-7,10H2,1-4H3,(H2,19,21)/t12-/m0/s1. The topological polar surface area (TPSA) is 81.9 Å². The number of primary amides is 1. The Morgan fingerprint density at radius 2 is 1.92 bits per heavy atom. The van der Waals surface area contributed by atoms with Gasteiger partial charge in [-0.1, -0.05) is 13.8 Å². The van der Waals surface area contributed by atoms with E-state index >= 15 is 0 Å². The lowest BCUT2D eigenvalue weighted by Gasteiger charge is -2.32. The van der Waals surface area contributed by atoms with Crippen molar-refractivity contribution < 1.29 is 19.1 Å². The quantitative estimate of drug-likeness (QED) is 0.790. The first kappa shape index (κ1) is 18.1. The lowest BCUT2D eigenvalue weighted by Crippen LogP contribution is -2.43. The van der Waals surface area contributed by atoms with E-state index in [0.717, 1.165) is 12.8 Å². The smallest absolute Gasteiger partial charge is 0.255 e. The molecule has 0 aromatic heterocycles. The molecule has 1 aromatic rings. The van der Waals surface area contributed by atoms with E-state index in [2.05, 4.69) is 20.8 Å². The molecule has 1 aromatic carbocycles. The molecule has 1 aliphatic carbocycles. The maximum Gasteiger partial charge on any atom is 0.255 e. The maximum atomic E-state index is 13.0. The molecule has 2 N–H and O–H groups in total. The number of methoxy groups -OCH3 is 1. The van der Waals surface area contributed by atoms with Gasteiger partial charge in [-0.25, -0.2) is 0 Å². The zero-order chi connectivity index (χ0) is 17.9. The monoisotopic (exact) mass is 334 g/mol. The van der Waals surface area contributed by atoms with Crippen LogP contribution in [-0.2, 0) is 4.79 Å². The third kappa shape index (κ3) is 4.19. The fourth-order valence-corrected chi connectivity index (χ4v) is 2.58. The number of benzene rings is 1. The van der Waals surface area contributed by atoms with Gasteiger partial charge in [-0.2, -0.15) is 0 Å². The average Bonchev–Trinajstić information content (AvgIpc) is 3.37.